The monoisotopic (exact) mass is 479 g/mol. The van der Waals surface area contributed by atoms with Crippen LogP contribution in [0.3, 0.4) is 0 Å². The van der Waals surface area contributed by atoms with E-state index in [1.165, 1.54) is 11.0 Å². The topological polar surface area (TPSA) is 90.0 Å². The van der Waals surface area contributed by atoms with E-state index in [0.29, 0.717) is 11.3 Å². The number of imide groups is 1. The molecule has 8 heteroatoms. The summed E-state index contributed by atoms with van der Waals surface area (Å²) in [5.74, 6) is -1.09. The van der Waals surface area contributed by atoms with Crippen molar-refractivity contribution in [1.29, 1.82) is 0 Å². The minimum absolute atomic E-state index is 0.133. The highest BCUT2D eigenvalue weighted by Gasteiger charge is 2.41. The number of fused-ring (bicyclic) bond motifs is 1. The van der Waals surface area contributed by atoms with Gasteiger partial charge in [-0.3, -0.25) is 24.6 Å². The third kappa shape index (κ3) is 4.43. The summed E-state index contributed by atoms with van der Waals surface area (Å²) < 4.78 is 14.6. The lowest BCUT2D eigenvalue weighted by Crippen LogP contribution is -2.52. The van der Waals surface area contributed by atoms with Gasteiger partial charge in [-0.05, 0) is 92.1 Å². The molecule has 3 aliphatic rings. The third-order valence-corrected chi connectivity index (χ3v) is 7.64. The molecule has 2 saturated heterocycles. The van der Waals surface area contributed by atoms with E-state index >= 15 is 0 Å². The number of phenolic OH excluding ortho intramolecular Hbond substituents is 1. The first kappa shape index (κ1) is 23.5. The number of aromatic hydroxyl groups is 1. The van der Waals surface area contributed by atoms with E-state index in [-0.39, 0.29) is 37.1 Å². The number of carbonyl (C=O) groups is 3. The quantitative estimate of drug-likeness (QED) is 0.657. The molecule has 2 aromatic rings. The molecule has 3 amide bonds. The van der Waals surface area contributed by atoms with Crippen LogP contribution >= 0.6 is 0 Å². The van der Waals surface area contributed by atoms with E-state index in [2.05, 4.69) is 10.2 Å². The number of halogens is 1. The van der Waals surface area contributed by atoms with Gasteiger partial charge in [-0.1, -0.05) is 12.1 Å². The van der Waals surface area contributed by atoms with Crippen molar-refractivity contribution in [1.82, 2.24) is 15.1 Å². The number of nitrogens with one attached hydrogen (secondary N) is 1. The summed E-state index contributed by atoms with van der Waals surface area (Å²) in [7, 11) is 0. The van der Waals surface area contributed by atoms with Gasteiger partial charge in [0.15, 0.2) is 0 Å². The second-order valence-corrected chi connectivity index (χ2v) is 10.0. The number of amides is 3. The molecule has 0 radical (unpaired) electrons. The standard InChI is InChI=1S/C27H30FN3O4/c1-15-9-17(10-16(2)25(15)33)13-30-7-5-18(6-8-30)20-11-19(28)12-21-22(20)14-31(27(21)35)23-3-4-24(32)29-26(23)34/h9-12,18,23,33H,3-8,13-14H2,1-2H3,(H,29,32,34). The summed E-state index contributed by atoms with van der Waals surface area (Å²) in [6.07, 6.45) is 2.17. The predicted molar refractivity (Wildman–Crippen MR) is 127 cm³/mol. The van der Waals surface area contributed by atoms with Crippen molar-refractivity contribution >= 4 is 17.7 Å². The van der Waals surface area contributed by atoms with E-state index in [0.717, 1.165) is 60.3 Å². The number of phenols is 1. The Labute approximate surface area is 203 Å². The lowest BCUT2D eigenvalue weighted by atomic mass is 9.85. The third-order valence-electron chi connectivity index (χ3n) is 7.64. The van der Waals surface area contributed by atoms with Crippen molar-refractivity contribution in [3.8, 4) is 5.75 Å². The second kappa shape index (κ2) is 9.07. The number of aryl methyl sites for hydroxylation is 2. The molecule has 3 heterocycles. The second-order valence-electron chi connectivity index (χ2n) is 10.0. The highest BCUT2D eigenvalue weighted by Crippen LogP contribution is 2.38. The molecule has 35 heavy (non-hydrogen) atoms. The Balaban J connectivity index is 1.30. The van der Waals surface area contributed by atoms with Crippen LogP contribution in [0.15, 0.2) is 24.3 Å². The molecular formula is C27H30FN3O4. The van der Waals surface area contributed by atoms with Crippen LogP contribution in [0.25, 0.3) is 0 Å². The molecule has 1 unspecified atom stereocenters. The maximum absolute atomic E-state index is 14.6. The van der Waals surface area contributed by atoms with Crippen molar-refractivity contribution in [2.24, 2.45) is 0 Å². The van der Waals surface area contributed by atoms with Gasteiger partial charge in [-0.15, -0.1) is 0 Å². The maximum atomic E-state index is 14.6. The summed E-state index contributed by atoms with van der Waals surface area (Å²) in [4.78, 5) is 40.9. The van der Waals surface area contributed by atoms with Gasteiger partial charge in [0, 0.05) is 25.1 Å². The van der Waals surface area contributed by atoms with E-state index in [1.54, 1.807) is 6.07 Å². The zero-order valence-electron chi connectivity index (χ0n) is 20.1. The first-order valence-electron chi connectivity index (χ1n) is 12.2. The fraction of sp³-hybridized carbons (Fsp3) is 0.444. The number of hydrogen-bond donors (Lipinski definition) is 2. The van der Waals surface area contributed by atoms with Crippen LogP contribution in [0.1, 0.15) is 69.8 Å². The molecule has 2 fully saturated rings. The Kier molecular flexibility index (Phi) is 6.09. The van der Waals surface area contributed by atoms with Crippen LogP contribution in [0, 0.1) is 19.7 Å². The van der Waals surface area contributed by atoms with E-state index < -0.39 is 17.8 Å². The van der Waals surface area contributed by atoms with Crippen LogP contribution in [-0.4, -0.2) is 51.8 Å². The molecule has 0 saturated carbocycles. The lowest BCUT2D eigenvalue weighted by Gasteiger charge is -2.33. The van der Waals surface area contributed by atoms with Gasteiger partial charge in [0.1, 0.15) is 17.6 Å². The summed E-state index contributed by atoms with van der Waals surface area (Å²) in [6, 6.07) is 6.15. The summed E-state index contributed by atoms with van der Waals surface area (Å²) in [5, 5.41) is 12.3. The predicted octanol–water partition coefficient (Wildman–Crippen LogP) is 3.29. The molecule has 7 nitrogen and oxygen atoms in total. The maximum Gasteiger partial charge on any atom is 0.255 e. The summed E-state index contributed by atoms with van der Waals surface area (Å²) in [6.45, 7) is 6.56. The molecule has 0 aliphatic carbocycles. The number of hydrogen-bond acceptors (Lipinski definition) is 5. The fourth-order valence-electron chi connectivity index (χ4n) is 5.81. The van der Waals surface area contributed by atoms with Gasteiger partial charge < -0.3 is 10.0 Å². The molecule has 1 atom stereocenters. The van der Waals surface area contributed by atoms with Gasteiger partial charge >= 0.3 is 0 Å². The summed E-state index contributed by atoms with van der Waals surface area (Å²) >= 11 is 0. The van der Waals surface area contributed by atoms with Crippen molar-refractivity contribution in [3.05, 3.63) is 63.5 Å². The van der Waals surface area contributed by atoms with Gasteiger partial charge in [0.2, 0.25) is 11.8 Å². The summed E-state index contributed by atoms with van der Waals surface area (Å²) in [5.41, 5.74) is 4.91. The van der Waals surface area contributed by atoms with Gasteiger partial charge in [0.25, 0.3) is 5.91 Å². The highest BCUT2D eigenvalue weighted by atomic mass is 19.1. The zero-order chi connectivity index (χ0) is 24.9. The Bertz CT molecular complexity index is 1200. The van der Waals surface area contributed by atoms with Crippen molar-refractivity contribution in [2.45, 2.75) is 64.6 Å². The smallest absolute Gasteiger partial charge is 0.255 e. The molecule has 5 rings (SSSR count). The number of carbonyl (C=O) groups excluding carboxylic acids is 3. The van der Waals surface area contributed by atoms with Crippen molar-refractivity contribution in [2.75, 3.05) is 13.1 Å². The molecule has 0 bridgehead atoms. The number of likely N-dealkylation sites (tertiary alicyclic amines) is 1. The SMILES string of the molecule is Cc1cc(CN2CCC(c3cc(F)cc4c3CN(C3CCC(=O)NC3=O)C4=O)CC2)cc(C)c1O. The average Bonchev–Trinajstić information content (AvgIpc) is 3.13. The highest BCUT2D eigenvalue weighted by molar-refractivity contribution is 6.05. The van der Waals surface area contributed by atoms with Crippen LogP contribution in [0.2, 0.25) is 0 Å². The molecular weight excluding hydrogens is 449 g/mol. The van der Waals surface area contributed by atoms with Gasteiger partial charge in [0.05, 0.1) is 0 Å². The first-order valence-corrected chi connectivity index (χ1v) is 12.2. The zero-order valence-corrected chi connectivity index (χ0v) is 20.1. The molecule has 2 N–H and O–H groups in total. The number of rotatable bonds is 4. The Morgan fingerprint density at radius 2 is 1.71 bits per heavy atom. The number of nitrogens with zero attached hydrogens (tertiary/aromatic N) is 2. The average molecular weight is 480 g/mol. The van der Waals surface area contributed by atoms with Crippen LogP contribution in [0.4, 0.5) is 4.39 Å². The minimum Gasteiger partial charge on any atom is -0.507 e. The molecule has 184 valence electrons. The Morgan fingerprint density at radius 1 is 1.03 bits per heavy atom. The minimum atomic E-state index is -0.706. The first-order chi connectivity index (χ1) is 16.7. The van der Waals surface area contributed by atoms with Gasteiger partial charge in [-0.2, -0.15) is 0 Å². The molecule has 0 spiro atoms. The largest absolute Gasteiger partial charge is 0.507 e. The molecule has 3 aliphatic heterocycles. The molecule has 2 aromatic carbocycles. The van der Waals surface area contributed by atoms with E-state index in [9.17, 15) is 23.9 Å². The van der Waals surface area contributed by atoms with E-state index in [4.69, 9.17) is 0 Å². The number of benzene rings is 2. The van der Waals surface area contributed by atoms with Gasteiger partial charge in [-0.25, -0.2) is 4.39 Å². The normalized spacial score (nSPS) is 21.4. The molecule has 0 aromatic heterocycles. The lowest BCUT2D eigenvalue weighted by molar-refractivity contribution is -0.136. The van der Waals surface area contributed by atoms with E-state index in [1.807, 2.05) is 26.0 Å². The van der Waals surface area contributed by atoms with Crippen molar-refractivity contribution in [3.63, 3.8) is 0 Å². The fourth-order valence-corrected chi connectivity index (χ4v) is 5.81. The Morgan fingerprint density at radius 3 is 2.37 bits per heavy atom. The number of piperidine rings is 2. The van der Waals surface area contributed by atoms with Crippen LogP contribution in [-0.2, 0) is 22.7 Å². The Hall–Kier alpha value is -3.26. The van der Waals surface area contributed by atoms with Crippen molar-refractivity contribution < 1.29 is 23.9 Å². The van der Waals surface area contributed by atoms with Crippen LogP contribution in [0.5, 0.6) is 5.75 Å². The van der Waals surface area contributed by atoms with Crippen LogP contribution < -0.4 is 5.32 Å².